The van der Waals surface area contributed by atoms with Crippen molar-refractivity contribution < 1.29 is 53.7 Å². The van der Waals surface area contributed by atoms with E-state index in [9.17, 15) is 30.0 Å². The molecule has 4 aromatic carbocycles. The lowest BCUT2D eigenvalue weighted by Crippen LogP contribution is -2.64. The largest absolute Gasteiger partial charge is 0.502 e. The summed E-state index contributed by atoms with van der Waals surface area (Å²) in [5, 5.41) is 57.9. The Morgan fingerprint density at radius 1 is 0.893 bits per heavy atom. The fourth-order valence-electron chi connectivity index (χ4n) is 15.9. The number of imide groups is 1. The van der Waals surface area contributed by atoms with Gasteiger partial charge in [-0.1, -0.05) is 50.5 Å². The molecule has 4 aromatic rings. The first kappa shape index (κ1) is 50.0. The van der Waals surface area contributed by atoms with Gasteiger partial charge in [-0.05, 0) is 129 Å². The number of benzene rings is 4. The van der Waals surface area contributed by atoms with Gasteiger partial charge < -0.3 is 54.7 Å². The Balaban J connectivity index is 0.894. The molecule has 0 spiro atoms. The Morgan fingerprint density at radius 3 is 2.45 bits per heavy atom. The predicted octanol–water partition coefficient (Wildman–Crippen LogP) is 7.81. The third-order valence-electron chi connectivity index (χ3n) is 19.1. The minimum atomic E-state index is -1.07. The highest BCUT2D eigenvalue weighted by Crippen LogP contribution is 2.67. The molecule has 12 rings (SSSR count). The molecule has 5 aliphatic carbocycles. The van der Waals surface area contributed by atoms with E-state index in [1.54, 1.807) is 17.0 Å². The molecule has 3 heterocycles. The zero-order valence-electron chi connectivity index (χ0n) is 43.4. The number of likely N-dealkylation sites (N-methyl/N-ethyl adjacent to an activating group) is 1. The average molecular weight is 1030 g/mol. The highest BCUT2D eigenvalue weighted by atomic mass is 16.5. The van der Waals surface area contributed by atoms with E-state index in [1.165, 1.54) is 30.4 Å². The molecule has 0 unspecified atom stereocenters. The van der Waals surface area contributed by atoms with Crippen molar-refractivity contribution in [3.8, 4) is 45.6 Å². The van der Waals surface area contributed by atoms with E-state index in [2.05, 4.69) is 40.2 Å². The molecule has 398 valence electrons. The van der Waals surface area contributed by atoms with Crippen LogP contribution in [0, 0.1) is 23.7 Å². The Morgan fingerprint density at radius 2 is 1.68 bits per heavy atom. The topological polar surface area (TPSA) is 201 Å². The molecular weight excluding hydrogens is 953 g/mol. The van der Waals surface area contributed by atoms with Gasteiger partial charge in [0.1, 0.15) is 30.6 Å². The summed E-state index contributed by atoms with van der Waals surface area (Å²) >= 11 is 0. The van der Waals surface area contributed by atoms with Crippen LogP contribution in [0.5, 0.6) is 34.5 Å². The number of nitrogens with one attached hydrogen (secondary N) is 3. The lowest BCUT2D eigenvalue weighted by Gasteiger charge is -2.64. The van der Waals surface area contributed by atoms with Crippen LogP contribution in [0.1, 0.15) is 134 Å². The van der Waals surface area contributed by atoms with Crippen molar-refractivity contribution >= 4 is 17.5 Å². The van der Waals surface area contributed by atoms with E-state index in [0.29, 0.717) is 90.4 Å². The van der Waals surface area contributed by atoms with Gasteiger partial charge in [-0.25, -0.2) is 0 Å². The maximum atomic E-state index is 13.7. The molecule has 15 nitrogen and oxygen atoms in total. The summed E-state index contributed by atoms with van der Waals surface area (Å²) in [6, 6.07) is 16.0. The van der Waals surface area contributed by atoms with Gasteiger partial charge in [0.05, 0.1) is 44.1 Å². The summed E-state index contributed by atoms with van der Waals surface area (Å²) in [7, 11) is 3.37. The number of carbonyl (C=O) groups excluding carboxylic acids is 2. The second kappa shape index (κ2) is 19.9. The van der Waals surface area contributed by atoms with Crippen molar-refractivity contribution in [2.24, 2.45) is 23.7 Å². The van der Waals surface area contributed by atoms with Crippen molar-refractivity contribution in [1.82, 2.24) is 15.5 Å². The number of aliphatic hydroxyl groups excluding tert-OH is 3. The zero-order valence-corrected chi connectivity index (χ0v) is 43.4. The molecule has 75 heavy (non-hydrogen) atoms. The number of aliphatic hydroxyl groups is 3. The lowest BCUT2D eigenvalue weighted by molar-refractivity contribution is -0.154. The second-order valence-corrected chi connectivity index (χ2v) is 22.5. The van der Waals surface area contributed by atoms with E-state index in [-0.39, 0.29) is 67.5 Å². The lowest BCUT2D eigenvalue weighted by atomic mass is 9.42. The van der Waals surface area contributed by atoms with Crippen LogP contribution in [0.3, 0.4) is 0 Å². The molecule has 3 saturated carbocycles. The first-order valence-electron chi connectivity index (χ1n) is 27.6. The number of ether oxygens (including phenoxy) is 5. The number of anilines is 1. The highest BCUT2D eigenvalue weighted by Gasteiger charge is 2.63. The van der Waals surface area contributed by atoms with E-state index in [0.717, 1.165) is 80.0 Å². The van der Waals surface area contributed by atoms with Crippen molar-refractivity contribution in [3.63, 3.8) is 0 Å². The van der Waals surface area contributed by atoms with Crippen LogP contribution in [0.25, 0.3) is 11.1 Å². The number of phenolic OH excluding ortho intramolecular Hbond substituents is 1. The molecule has 9 atom stereocenters. The third-order valence-corrected chi connectivity index (χ3v) is 19.1. The normalized spacial score (nSPS) is 27.8. The van der Waals surface area contributed by atoms with Crippen molar-refractivity contribution in [3.05, 3.63) is 99.6 Å². The fourth-order valence-corrected chi connectivity index (χ4v) is 15.9. The quantitative estimate of drug-likeness (QED) is 0.0307. The van der Waals surface area contributed by atoms with Gasteiger partial charge in [-0.2, -0.15) is 0 Å². The maximum Gasteiger partial charge on any atom is 0.254 e. The molecule has 0 radical (unpaired) electrons. The average Bonchev–Trinajstić information content (AvgIpc) is 3.78. The van der Waals surface area contributed by atoms with Crippen LogP contribution in [-0.4, -0.2) is 103 Å². The van der Waals surface area contributed by atoms with Gasteiger partial charge in [0, 0.05) is 76.0 Å². The summed E-state index contributed by atoms with van der Waals surface area (Å²) in [6.07, 6.45) is 11.2. The number of amides is 2. The number of nitrogens with zero attached hydrogens (tertiary/aromatic N) is 1. The molecule has 0 saturated heterocycles. The SMILES string of the molecule is CCNCOc1cc(OCCNC)c2c3c1[C@@H](O)Nc1cc4c(c(c1-3)CC2)[C@@H](O)[C@H](c1cc(OC)c(O)c(OC[C@H](CO)[C@]23C[C@H](C5(N6C(=O)C=CC6=O)CCCCC5)C[C@H]5CC[C@H](C[C@H]52)c2ccccc23)c1)CO4. The van der Waals surface area contributed by atoms with E-state index < -0.39 is 35.1 Å². The number of carbonyl (C=O) groups is 2. The molecule has 8 aliphatic rings. The minimum absolute atomic E-state index is 0.0186. The molecular formula is C60H72N4O11. The van der Waals surface area contributed by atoms with Crippen molar-refractivity contribution in [2.75, 3.05) is 65.7 Å². The Kier molecular flexibility index (Phi) is 13.3. The van der Waals surface area contributed by atoms with Crippen LogP contribution in [0.4, 0.5) is 5.69 Å². The van der Waals surface area contributed by atoms with E-state index in [4.69, 9.17) is 23.7 Å². The van der Waals surface area contributed by atoms with Gasteiger partial charge in [0.15, 0.2) is 17.7 Å². The number of hydrogen-bond acceptors (Lipinski definition) is 14. The summed E-state index contributed by atoms with van der Waals surface area (Å²) < 4.78 is 31.9. The number of fused-ring (bicyclic) bond motifs is 6. The first-order chi connectivity index (χ1) is 36.5. The molecule has 15 heteroatoms. The number of hydrogen-bond donors (Lipinski definition) is 7. The van der Waals surface area contributed by atoms with Gasteiger partial charge in [0.2, 0.25) is 5.75 Å². The number of rotatable bonds is 17. The molecule has 2 amide bonds. The number of aromatic hydroxyl groups is 1. The highest BCUT2D eigenvalue weighted by molar-refractivity contribution is 6.13. The van der Waals surface area contributed by atoms with Gasteiger partial charge >= 0.3 is 0 Å². The van der Waals surface area contributed by atoms with Crippen molar-refractivity contribution in [1.29, 1.82) is 0 Å². The monoisotopic (exact) mass is 1020 g/mol. The fraction of sp³-hybridized carbons (Fsp3) is 0.533. The summed E-state index contributed by atoms with van der Waals surface area (Å²) in [4.78, 5) is 29.1. The predicted molar refractivity (Wildman–Crippen MR) is 282 cm³/mol. The second-order valence-electron chi connectivity index (χ2n) is 22.5. The Bertz CT molecular complexity index is 2900. The van der Waals surface area contributed by atoms with Crippen LogP contribution in [-0.2, 0) is 27.8 Å². The standard InChI is InChI=1S/C60H72N4O11/c1-4-62-32-75-47-27-45(72-21-20-61-2)39-14-15-40-52-44(63-58(70)55(47)54(39)52)26-46-53(40)56(68)41(31-74-46)35-24-48(71-3)57(69)49(25-35)73-30-37(29-65)60-28-36(59(18-8-5-9-19-59)64-50(66)16-17-51(64)67)22-34-13-12-33(23-43(34)60)38-10-6-7-11-42(38)60/h6-7,10-11,16-17,24-27,33-34,36-37,41,43,56,58,61-63,65,68-70H,4-5,8-9,12-15,18-23,28-32H2,1-3H3/t33-,34-,36-,37+,41+,43-,56+,58-,60+/m1/s1. The van der Waals surface area contributed by atoms with Crippen LogP contribution < -0.4 is 39.6 Å². The molecule has 7 N–H and O–H groups in total. The smallest absolute Gasteiger partial charge is 0.254 e. The first-order valence-corrected chi connectivity index (χ1v) is 27.6. The summed E-state index contributed by atoms with van der Waals surface area (Å²) in [5.74, 6) is 1.48. The summed E-state index contributed by atoms with van der Waals surface area (Å²) in [5.41, 5.74) is 7.63. The zero-order chi connectivity index (χ0) is 51.8. The summed E-state index contributed by atoms with van der Waals surface area (Å²) in [6.45, 7) is 4.05. The minimum Gasteiger partial charge on any atom is -0.502 e. The molecule has 2 bridgehead atoms. The van der Waals surface area contributed by atoms with E-state index >= 15 is 0 Å². The van der Waals surface area contributed by atoms with Crippen LogP contribution >= 0.6 is 0 Å². The van der Waals surface area contributed by atoms with Gasteiger partial charge in [0.25, 0.3) is 11.8 Å². The number of methoxy groups -OCH3 is 1. The van der Waals surface area contributed by atoms with Gasteiger partial charge in [-0.15, -0.1) is 0 Å². The Labute approximate surface area is 438 Å². The number of phenols is 1. The van der Waals surface area contributed by atoms with Crippen LogP contribution in [0.2, 0.25) is 0 Å². The van der Waals surface area contributed by atoms with Crippen molar-refractivity contribution in [2.45, 2.75) is 119 Å². The van der Waals surface area contributed by atoms with Crippen LogP contribution in [0.15, 0.2) is 60.7 Å². The molecule has 0 aromatic heterocycles. The molecule has 3 fully saturated rings. The maximum absolute atomic E-state index is 13.7. The Hall–Kier alpha value is -5.84. The van der Waals surface area contributed by atoms with Gasteiger partial charge in [-0.3, -0.25) is 19.8 Å². The third kappa shape index (κ3) is 8.00. The van der Waals surface area contributed by atoms with E-state index in [1.807, 2.05) is 26.1 Å². The molecule has 3 aliphatic heterocycles.